The third kappa shape index (κ3) is 2.71. The predicted molar refractivity (Wildman–Crippen MR) is 70.7 cm³/mol. The van der Waals surface area contributed by atoms with Gasteiger partial charge in [0.2, 0.25) is 11.8 Å². The van der Waals surface area contributed by atoms with E-state index in [1.807, 2.05) is 4.90 Å². The number of pyridine rings is 1. The number of likely N-dealkylation sites (tertiary alicyclic amines) is 1. The van der Waals surface area contributed by atoms with Crippen molar-refractivity contribution >= 4 is 29.1 Å². The second kappa shape index (κ2) is 4.81. The van der Waals surface area contributed by atoms with Gasteiger partial charge in [-0.15, -0.1) is 0 Å². The van der Waals surface area contributed by atoms with Crippen molar-refractivity contribution in [2.45, 2.75) is 25.3 Å². The molecule has 1 aliphatic carbocycles. The summed E-state index contributed by atoms with van der Waals surface area (Å²) >= 11 is 5.68. The van der Waals surface area contributed by atoms with E-state index in [4.69, 9.17) is 11.6 Å². The van der Waals surface area contributed by atoms with Gasteiger partial charge in [-0.1, -0.05) is 11.6 Å². The summed E-state index contributed by atoms with van der Waals surface area (Å²) in [6.45, 7) is 0.538. The zero-order chi connectivity index (χ0) is 13.4. The van der Waals surface area contributed by atoms with Crippen molar-refractivity contribution in [3.8, 4) is 0 Å². The summed E-state index contributed by atoms with van der Waals surface area (Å²) in [4.78, 5) is 29.6. The largest absolute Gasteiger partial charge is 0.339 e. The van der Waals surface area contributed by atoms with Crippen LogP contribution >= 0.6 is 11.6 Å². The first-order chi connectivity index (χ1) is 9.13. The summed E-state index contributed by atoms with van der Waals surface area (Å²) in [5.74, 6) is -0.290. The highest BCUT2D eigenvalue weighted by atomic mass is 35.5. The van der Waals surface area contributed by atoms with Crippen LogP contribution in [0.25, 0.3) is 0 Å². The first-order valence-electron chi connectivity index (χ1n) is 6.35. The van der Waals surface area contributed by atoms with E-state index in [0.29, 0.717) is 29.8 Å². The highest BCUT2D eigenvalue weighted by Gasteiger charge is 2.41. The van der Waals surface area contributed by atoms with Crippen LogP contribution in [-0.4, -0.2) is 34.3 Å². The number of anilines is 1. The Balaban J connectivity index is 1.61. The van der Waals surface area contributed by atoms with Gasteiger partial charge < -0.3 is 10.2 Å². The number of halogens is 1. The molecule has 1 aromatic rings. The minimum atomic E-state index is -0.260. The van der Waals surface area contributed by atoms with Gasteiger partial charge in [-0.3, -0.25) is 9.59 Å². The molecule has 0 bridgehead atoms. The van der Waals surface area contributed by atoms with Crippen LogP contribution in [0.4, 0.5) is 5.69 Å². The van der Waals surface area contributed by atoms with E-state index in [0.717, 1.165) is 12.8 Å². The second-order valence-corrected chi connectivity index (χ2v) is 5.42. The topological polar surface area (TPSA) is 62.3 Å². The monoisotopic (exact) mass is 279 g/mol. The van der Waals surface area contributed by atoms with E-state index < -0.39 is 0 Å². The molecule has 0 unspecified atom stereocenters. The van der Waals surface area contributed by atoms with Crippen LogP contribution in [0.3, 0.4) is 0 Å². The van der Waals surface area contributed by atoms with E-state index in [2.05, 4.69) is 10.3 Å². The normalized spacial score (nSPS) is 22.7. The lowest BCUT2D eigenvalue weighted by Gasteiger charge is -2.15. The summed E-state index contributed by atoms with van der Waals surface area (Å²) in [5.41, 5.74) is 0.603. The fourth-order valence-corrected chi connectivity index (χ4v) is 2.45. The van der Waals surface area contributed by atoms with Crippen molar-refractivity contribution in [1.29, 1.82) is 0 Å². The van der Waals surface area contributed by atoms with E-state index in [1.54, 1.807) is 12.1 Å². The lowest BCUT2D eigenvalue weighted by atomic mass is 10.1. The summed E-state index contributed by atoms with van der Waals surface area (Å²) < 4.78 is 0. The first-order valence-corrected chi connectivity index (χ1v) is 6.73. The molecule has 2 fully saturated rings. The van der Waals surface area contributed by atoms with Gasteiger partial charge in [-0.25, -0.2) is 4.98 Å². The molecule has 1 aliphatic heterocycles. The molecule has 6 heteroatoms. The molecule has 1 saturated heterocycles. The van der Waals surface area contributed by atoms with Crippen LogP contribution in [0, 0.1) is 5.92 Å². The molecular formula is C13H14ClN3O2. The van der Waals surface area contributed by atoms with Crippen LogP contribution in [0.2, 0.25) is 5.15 Å². The maximum Gasteiger partial charge on any atom is 0.229 e. The molecule has 100 valence electrons. The fourth-order valence-electron chi connectivity index (χ4n) is 2.34. The number of nitrogens with one attached hydrogen (secondary N) is 1. The van der Waals surface area contributed by atoms with Gasteiger partial charge in [0.25, 0.3) is 0 Å². The molecule has 2 aliphatic rings. The standard InChI is InChI=1S/C13H14ClN3O2/c14-11-4-1-9(6-15-11)16-13(19)8-5-12(18)17(7-8)10-2-3-10/h1,4,6,8,10H,2-3,5,7H2,(H,16,19)/t8-/m1/s1. The SMILES string of the molecule is O=C(Nc1ccc(Cl)nc1)[C@@H]1CC(=O)N(C2CC2)C1. The minimum absolute atomic E-state index is 0.0943. The number of nitrogens with zero attached hydrogens (tertiary/aromatic N) is 2. The molecule has 0 spiro atoms. The van der Waals surface area contributed by atoms with Crippen molar-refractivity contribution in [3.05, 3.63) is 23.5 Å². The summed E-state index contributed by atoms with van der Waals surface area (Å²) in [7, 11) is 0. The third-order valence-electron chi connectivity index (χ3n) is 3.51. The number of hydrogen-bond acceptors (Lipinski definition) is 3. The van der Waals surface area contributed by atoms with E-state index in [9.17, 15) is 9.59 Å². The lowest BCUT2D eigenvalue weighted by molar-refractivity contribution is -0.128. The minimum Gasteiger partial charge on any atom is -0.339 e. The Morgan fingerprint density at radius 1 is 1.42 bits per heavy atom. The van der Waals surface area contributed by atoms with Gasteiger partial charge in [0.15, 0.2) is 0 Å². The molecule has 1 atom stereocenters. The molecule has 19 heavy (non-hydrogen) atoms. The number of hydrogen-bond donors (Lipinski definition) is 1. The van der Waals surface area contributed by atoms with Crippen LogP contribution in [0.5, 0.6) is 0 Å². The van der Waals surface area contributed by atoms with Gasteiger partial charge in [0.1, 0.15) is 5.15 Å². The number of aromatic nitrogens is 1. The number of carbonyl (C=O) groups excluding carboxylic acids is 2. The molecule has 3 rings (SSSR count). The van der Waals surface area contributed by atoms with Gasteiger partial charge >= 0.3 is 0 Å². The van der Waals surface area contributed by atoms with Crippen molar-refractivity contribution in [1.82, 2.24) is 9.88 Å². The Bertz CT molecular complexity index is 513. The van der Waals surface area contributed by atoms with Crippen LogP contribution in [0.1, 0.15) is 19.3 Å². The smallest absolute Gasteiger partial charge is 0.229 e. The number of rotatable bonds is 3. The van der Waals surface area contributed by atoms with Crippen molar-refractivity contribution in [2.24, 2.45) is 5.92 Å². The molecule has 1 saturated carbocycles. The highest BCUT2D eigenvalue weighted by molar-refractivity contribution is 6.29. The molecule has 5 nitrogen and oxygen atoms in total. The van der Waals surface area contributed by atoms with Gasteiger partial charge in [-0.05, 0) is 25.0 Å². The molecule has 2 amide bonds. The van der Waals surface area contributed by atoms with Gasteiger partial charge in [0.05, 0.1) is 17.8 Å². The Hall–Kier alpha value is -1.62. The maximum atomic E-state index is 12.1. The highest BCUT2D eigenvalue weighted by Crippen LogP contribution is 2.32. The zero-order valence-corrected chi connectivity index (χ0v) is 11.1. The summed E-state index contributed by atoms with van der Waals surface area (Å²) in [6.07, 6.45) is 3.96. The average Bonchev–Trinajstić information content (AvgIpc) is 3.15. The van der Waals surface area contributed by atoms with E-state index in [1.165, 1.54) is 6.20 Å². The number of carbonyl (C=O) groups is 2. The van der Waals surface area contributed by atoms with Gasteiger partial charge in [-0.2, -0.15) is 0 Å². The molecule has 0 aromatic carbocycles. The fraction of sp³-hybridized carbons (Fsp3) is 0.462. The number of amides is 2. The Kier molecular flexibility index (Phi) is 3.14. The van der Waals surface area contributed by atoms with Crippen LogP contribution in [-0.2, 0) is 9.59 Å². The van der Waals surface area contributed by atoms with Crippen molar-refractivity contribution in [2.75, 3.05) is 11.9 Å². The lowest BCUT2D eigenvalue weighted by Crippen LogP contribution is -2.29. The van der Waals surface area contributed by atoms with Crippen LogP contribution < -0.4 is 5.32 Å². The Morgan fingerprint density at radius 3 is 2.84 bits per heavy atom. The van der Waals surface area contributed by atoms with Gasteiger partial charge in [0, 0.05) is 19.0 Å². The second-order valence-electron chi connectivity index (χ2n) is 5.04. The van der Waals surface area contributed by atoms with Crippen LogP contribution in [0.15, 0.2) is 18.3 Å². The maximum absolute atomic E-state index is 12.1. The van der Waals surface area contributed by atoms with E-state index >= 15 is 0 Å². The molecule has 2 heterocycles. The molecule has 1 N–H and O–H groups in total. The molecule has 0 radical (unpaired) electrons. The Morgan fingerprint density at radius 2 is 2.21 bits per heavy atom. The van der Waals surface area contributed by atoms with Crippen molar-refractivity contribution in [3.63, 3.8) is 0 Å². The third-order valence-corrected chi connectivity index (χ3v) is 3.74. The summed E-state index contributed by atoms with van der Waals surface area (Å²) in [6, 6.07) is 3.69. The quantitative estimate of drug-likeness (QED) is 0.857. The average molecular weight is 280 g/mol. The zero-order valence-electron chi connectivity index (χ0n) is 10.3. The van der Waals surface area contributed by atoms with Crippen molar-refractivity contribution < 1.29 is 9.59 Å². The first kappa shape index (κ1) is 12.4. The predicted octanol–water partition coefficient (Wildman–Crippen LogP) is 1.68. The molecular weight excluding hydrogens is 266 g/mol. The summed E-state index contributed by atoms with van der Waals surface area (Å²) in [5, 5.41) is 3.16. The Labute approximate surface area is 115 Å². The molecule has 1 aromatic heterocycles. The van der Waals surface area contributed by atoms with E-state index in [-0.39, 0.29) is 17.7 Å².